The Morgan fingerprint density at radius 1 is 0.851 bits per heavy atom. The number of benzene rings is 2. The van der Waals surface area contributed by atoms with Gasteiger partial charge in [0.05, 0.1) is 26.4 Å². The number of allylic oxidation sites excluding steroid dienone is 3. The van der Waals surface area contributed by atoms with Crippen molar-refractivity contribution in [1.29, 1.82) is 0 Å². The maximum atomic E-state index is 13.5. The quantitative estimate of drug-likeness (QED) is 0.300. The summed E-state index contributed by atoms with van der Waals surface area (Å²) in [4.78, 5) is 49.8. The molecule has 1 saturated heterocycles. The van der Waals surface area contributed by atoms with Gasteiger partial charge >= 0.3 is 23.9 Å². The number of rotatable bonds is 8. The molecule has 6 atom stereocenters. The van der Waals surface area contributed by atoms with Crippen LogP contribution in [0.25, 0.3) is 10.8 Å². The van der Waals surface area contributed by atoms with E-state index in [0.29, 0.717) is 50.5 Å². The Morgan fingerprint density at radius 2 is 1.51 bits per heavy atom. The summed E-state index contributed by atoms with van der Waals surface area (Å²) in [5.74, 6) is -0.940. The maximum Gasteiger partial charge on any atom is 0.339 e. The van der Waals surface area contributed by atoms with Gasteiger partial charge in [-0.25, -0.2) is 4.79 Å². The van der Waals surface area contributed by atoms with Gasteiger partial charge in [0.1, 0.15) is 18.1 Å². The maximum absolute atomic E-state index is 13.5. The van der Waals surface area contributed by atoms with Crippen LogP contribution in [0.3, 0.4) is 0 Å². The second kappa shape index (κ2) is 12.7. The molecule has 1 fully saturated rings. The van der Waals surface area contributed by atoms with Crippen molar-refractivity contribution in [3.63, 3.8) is 0 Å². The van der Waals surface area contributed by atoms with Crippen LogP contribution in [0.1, 0.15) is 55.1 Å². The van der Waals surface area contributed by atoms with Crippen molar-refractivity contribution in [1.82, 2.24) is 0 Å². The van der Waals surface area contributed by atoms with E-state index in [1.807, 2.05) is 19.1 Å². The minimum atomic E-state index is -1.37. The molecule has 0 N–H and O–H groups in total. The van der Waals surface area contributed by atoms with E-state index >= 15 is 0 Å². The molecule has 0 amide bonds. The molecule has 0 bridgehead atoms. The highest BCUT2D eigenvalue weighted by Gasteiger charge is 2.49. The molecule has 0 saturated carbocycles. The monoisotopic (exact) mass is 654 g/mol. The fourth-order valence-corrected chi connectivity index (χ4v) is 6.50. The van der Waals surface area contributed by atoms with Gasteiger partial charge in [-0.15, -0.1) is 0 Å². The average Bonchev–Trinajstić information content (AvgIpc) is 3.66. The van der Waals surface area contributed by atoms with E-state index in [0.717, 1.165) is 0 Å². The van der Waals surface area contributed by atoms with Gasteiger partial charge in [0, 0.05) is 43.6 Å². The molecule has 14 heteroatoms. The largest absolute Gasteiger partial charge is 0.493 e. The first-order valence-corrected chi connectivity index (χ1v) is 14.9. The third-order valence-corrected chi connectivity index (χ3v) is 8.41. The Kier molecular flexibility index (Phi) is 8.62. The Bertz CT molecular complexity index is 1710. The van der Waals surface area contributed by atoms with Crippen LogP contribution in [0.4, 0.5) is 0 Å². The predicted octanol–water partition coefficient (Wildman–Crippen LogP) is 3.56. The van der Waals surface area contributed by atoms with E-state index in [2.05, 4.69) is 0 Å². The molecule has 2 aromatic carbocycles. The van der Waals surface area contributed by atoms with Gasteiger partial charge in [0.25, 0.3) is 0 Å². The summed E-state index contributed by atoms with van der Waals surface area (Å²) in [6, 6.07) is 3.46. The summed E-state index contributed by atoms with van der Waals surface area (Å²) >= 11 is 0. The minimum Gasteiger partial charge on any atom is -0.493 e. The fraction of sp³-hybridized carbons (Fsp3) is 0.455. The van der Waals surface area contributed by atoms with Crippen molar-refractivity contribution >= 4 is 34.6 Å². The van der Waals surface area contributed by atoms with Crippen LogP contribution in [-0.4, -0.2) is 76.1 Å². The molecule has 0 spiro atoms. The second-order valence-electron chi connectivity index (χ2n) is 11.3. The van der Waals surface area contributed by atoms with Gasteiger partial charge in [-0.3, -0.25) is 14.4 Å². The van der Waals surface area contributed by atoms with Crippen molar-refractivity contribution in [3.8, 4) is 17.2 Å². The molecule has 0 aromatic heterocycles. The van der Waals surface area contributed by atoms with Crippen molar-refractivity contribution < 1.29 is 66.5 Å². The smallest absolute Gasteiger partial charge is 0.339 e. The number of hydrogen-bond donors (Lipinski definition) is 0. The van der Waals surface area contributed by atoms with Crippen LogP contribution < -0.4 is 14.2 Å². The normalized spacial score (nSPS) is 26.0. The standard InChI is InChI=1S/C33H34O14/c1-14-18(7-8-22-28(14)43-13-42-22)26-19-9-23(38-5)24(39-6)10-20(19)29(21-11-40-32(37)27(21)26)47-33-31(46-17(4)36)30(45-16(3)35)25(12-41-33)44-15(2)34/h7-10,14,18,25,30-31,33H,11-13H2,1-6H3/t14?,18?,25-,30-,31+,33?/m0/s1. The SMILES string of the molecule is COc1cc2c(OC3OC[C@H](OC(C)=O)[C@H](OC(C)=O)[C@H]3OC(C)=O)c3c(c(C4C=CC5=C(OCO5)C4C)c2cc1OC)C(=O)OC3. The Morgan fingerprint density at radius 3 is 2.17 bits per heavy atom. The molecule has 4 aliphatic rings. The number of hydrogen-bond acceptors (Lipinski definition) is 14. The number of carbonyl (C=O) groups excluding carboxylic acids is 4. The van der Waals surface area contributed by atoms with Crippen LogP contribution in [0.5, 0.6) is 17.2 Å². The number of cyclic esters (lactones) is 1. The van der Waals surface area contributed by atoms with E-state index in [1.54, 1.807) is 12.1 Å². The summed E-state index contributed by atoms with van der Waals surface area (Å²) in [6.07, 6.45) is -1.33. The number of fused-ring (bicyclic) bond motifs is 2. The van der Waals surface area contributed by atoms with Crippen LogP contribution in [0, 0.1) is 5.92 Å². The van der Waals surface area contributed by atoms with Crippen molar-refractivity contribution in [2.45, 2.75) is 64.8 Å². The number of methoxy groups -OCH3 is 2. The summed E-state index contributed by atoms with van der Waals surface area (Å²) < 4.78 is 57.2. The molecule has 3 aliphatic heterocycles. The van der Waals surface area contributed by atoms with E-state index < -0.39 is 48.5 Å². The lowest BCUT2D eigenvalue weighted by molar-refractivity contribution is -0.259. The minimum absolute atomic E-state index is 0.0995. The first-order valence-electron chi connectivity index (χ1n) is 14.9. The van der Waals surface area contributed by atoms with Crippen LogP contribution >= 0.6 is 0 Å². The Labute approximate surface area is 269 Å². The van der Waals surface area contributed by atoms with Gasteiger partial charge in [-0.2, -0.15) is 0 Å². The molecule has 6 rings (SSSR count). The average molecular weight is 655 g/mol. The number of ether oxygens (including phenoxy) is 10. The topological polar surface area (TPSA) is 161 Å². The fourth-order valence-electron chi connectivity index (χ4n) is 6.50. The molecule has 3 heterocycles. The first-order chi connectivity index (χ1) is 22.5. The van der Waals surface area contributed by atoms with Gasteiger partial charge in [-0.05, 0) is 29.2 Å². The zero-order valence-electron chi connectivity index (χ0n) is 26.6. The molecule has 1 aliphatic carbocycles. The third-order valence-electron chi connectivity index (χ3n) is 8.41. The van der Waals surface area contributed by atoms with E-state index in [4.69, 9.17) is 47.4 Å². The molecule has 250 valence electrons. The molecular weight excluding hydrogens is 620 g/mol. The van der Waals surface area contributed by atoms with E-state index in [9.17, 15) is 19.2 Å². The van der Waals surface area contributed by atoms with Crippen LogP contribution in [0.2, 0.25) is 0 Å². The van der Waals surface area contributed by atoms with Gasteiger partial charge in [-0.1, -0.05) is 13.0 Å². The molecule has 2 aromatic rings. The van der Waals surface area contributed by atoms with Crippen LogP contribution in [0.15, 0.2) is 35.8 Å². The lowest BCUT2D eigenvalue weighted by Gasteiger charge is -2.40. The summed E-state index contributed by atoms with van der Waals surface area (Å²) in [6.45, 7) is 5.23. The van der Waals surface area contributed by atoms with E-state index in [-0.39, 0.29) is 37.6 Å². The highest BCUT2D eigenvalue weighted by Crippen LogP contribution is 2.51. The zero-order chi connectivity index (χ0) is 33.6. The summed E-state index contributed by atoms with van der Waals surface area (Å²) in [7, 11) is 2.99. The van der Waals surface area contributed by atoms with Crippen molar-refractivity contribution in [2.75, 3.05) is 27.6 Å². The molecule has 0 radical (unpaired) electrons. The van der Waals surface area contributed by atoms with Gasteiger partial charge in [0.2, 0.25) is 19.2 Å². The van der Waals surface area contributed by atoms with Crippen LogP contribution in [-0.2, 0) is 54.1 Å². The third kappa shape index (κ3) is 5.77. The highest BCUT2D eigenvalue weighted by atomic mass is 16.7. The number of carbonyl (C=O) groups is 4. The molecule has 47 heavy (non-hydrogen) atoms. The lowest BCUT2D eigenvalue weighted by atomic mass is 9.77. The van der Waals surface area contributed by atoms with Crippen molar-refractivity contribution in [3.05, 3.63) is 52.5 Å². The van der Waals surface area contributed by atoms with E-state index in [1.165, 1.54) is 35.0 Å². The van der Waals surface area contributed by atoms with Crippen molar-refractivity contribution in [2.24, 2.45) is 5.92 Å². The zero-order valence-corrected chi connectivity index (χ0v) is 26.6. The van der Waals surface area contributed by atoms with Gasteiger partial charge in [0.15, 0.2) is 29.5 Å². The molecular formula is C33H34O14. The second-order valence-corrected chi connectivity index (χ2v) is 11.3. The number of esters is 4. The Balaban J connectivity index is 1.53. The lowest BCUT2D eigenvalue weighted by Crippen LogP contribution is -2.59. The first kappa shape index (κ1) is 32.0. The summed E-state index contributed by atoms with van der Waals surface area (Å²) in [5, 5.41) is 1.10. The highest BCUT2D eigenvalue weighted by molar-refractivity contribution is 6.06. The molecule has 14 nitrogen and oxygen atoms in total. The summed E-state index contributed by atoms with van der Waals surface area (Å²) in [5.41, 5.74) is 1.37. The Hall–Kier alpha value is -4.98. The predicted molar refractivity (Wildman–Crippen MR) is 158 cm³/mol. The molecule has 3 unspecified atom stereocenters. The van der Waals surface area contributed by atoms with Gasteiger partial charge < -0.3 is 47.4 Å².